The Bertz CT molecular complexity index is 900. The summed E-state index contributed by atoms with van der Waals surface area (Å²) in [4.78, 5) is 25.6. The molecule has 1 amide bonds. The average Bonchev–Trinajstić information content (AvgIpc) is 3.23. The van der Waals surface area contributed by atoms with E-state index in [1.165, 1.54) is 9.08 Å². The number of nitrogen functional groups attached to an aromatic ring is 1. The molecule has 1 fully saturated rings. The second kappa shape index (κ2) is 5.79. The van der Waals surface area contributed by atoms with Crippen LogP contribution in [0.15, 0.2) is 4.79 Å². The number of hydrogen-bond acceptors (Lipinski definition) is 5. The summed E-state index contributed by atoms with van der Waals surface area (Å²) in [5.41, 5.74) is 6.09. The van der Waals surface area contributed by atoms with Gasteiger partial charge in [0.05, 0.1) is 0 Å². The molecule has 4 N–H and O–H groups in total. The number of rotatable bonds is 4. The highest BCUT2D eigenvalue weighted by molar-refractivity contribution is 5.96. The Balaban J connectivity index is 2.31. The third kappa shape index (κ3) is 3.08. The molecule has 8 heteroatoms. The molecular weight excluding hydrogens is 322 g/mol. The molecule has 0 radical (unpaired) electrons. The zero-order valence-electron chi connectivity index (χ0n) is 15.1. The van der Waals surface area contributed by atoms with Gasteiger partial charge in [0.15, 0.2) is 11.4 Å². The molecule has 136 valence electrons. The van der Waals surface area contributed by atoms with Crippen LogP contribution in [-0.4, -0.2) is 31.2 Å². The van der Waals surface area contributed by atoms with E-state index in [0.29, 0.717) is 24.2 Å². The van der Waals surface area contributed by atoms with Crippen LogP contribution in [0.3, 0.4) is 0 Å². The van der Waals surface area contributed by atoms with Crippen molar-refractivity contribution in [1.29, 1.82) is 0 Å². The van der Waals surface area contributed by atoms with Gasteiger partial charge in [-0.2, -0.15) is 4.52 Å². The summed E-state index contributed by atoms with van der Waals surface area (Å²) < 4.78 is 2.72. The van der Waals surface area contributed by atoms with Crippen molar-refractivity contribution in [2.24, 2.45) is 5.41 Å². The predicted molar refractivity (Wildman–Crippen MR) is 94.9 cm³/mol. The van der Waals surface area contributed by atoms with Gasteiger partial charge in [-0.3, -0.25) is 14.2 Å². The monoisotopic (exact) mass is 347 g/mol. The van der Waals surface area contributed by atoms with Crippen molar-refractivity contribution < 1.29 is 9.90 Å². The van der Waals surface area contributed by atoms with Crippen LogP contribution in [0.25, 0.3) is 5.65 Å². The van der Waals surface area contributed by atoms with Crippen LogP contribution in [0.5, 0.6) is 5.88 Å². The lowest BCUT2D eigenvalue weighted by atomic mass is 9.96. The van der Waals surface area contributed by atoms with Crippen molar-refractivity contribution in [1.82, 2.24) is 19.5 Å². The van der Waals surface area contributed by atoms with Gasteiger partial charge in [0, 0.05) is 18.2 Å². The first-order valence-electron chi connectivity index (χ1n) is 8.57. The number of carbonyl (C=O) groups excluding carboxylic acids is 1. The van der Waals surface area contributed by atoms with Crippen LogP contribution in [0.2, 0.25) is 0 Å². The van der Waals surface area contributed by atoms with E-state index in [-0.39, 0.29) is 22.8 Å². The van der Waals surface area contributed by atoms with Crippen LogP contribution in [0.4, 0.5) is 5.82 Å². The highest BCUT2D eigenvalue weighted by Gasteiger charge is 2.31. The molecular formula is C17H25N5O3. The van der Waals surface area contributed by atoms with Gasteiger partial charge in [-0.1, -0.05) is 27.7 Å². The number of hydrogen-bond donors (Lipinski definition) is 3. The van der Waals surface area contributed by atoms with Gasteiger partial charge >= 0.3 is 0 Å². The van der Waals surface area contributed by atoms with E-state index in [2.05, 4.69) is 10.4 Å². The number of aromatic nitrogens is 3. The molecule has 1 aliphatic carbocycles. The number of aryl methyl sites for hydroxylation is 1. The van der Waals surface area contributed by atoms with Crippen LogP contribution >= 0.6 is 0 Å². The molecule has 0 atom stereocenters. The summed E-state index contributed by atoms with van der Waals surface area (Å²) in [7, 11) is 0. The largest absolute Gasteiger partial charge is 0.492 e. The maximum absolute atomic E-state index is 13.1. The lowest BCUT2D eigenvalue weighted by Crippen LogP contribution is -2.37. The number of nitrogens with two attached hydrogens (primary N) is 1. The second-order valence-corrected chi connectivity index (χ2v) is 7.85. The molecule has 0 aromatic carbocycles. The fourth-order valence-electron chi connectivity index (χ4n) is 2.96. The molecule has 1 saturated carbocycles. The van der Waals surface area contributed by atoms with Gasteiger partial charge in [-0.05, 0) is 24.7 Å². The van der Waals surface area contributed by atoms with E-state index in [1.807, 2.05) is 27.7 Å². The summed E-state index contributed by atoms with van der Waals surface area (Å²) in [5, 5.41) is 17.5. The molecule has 25 heavy (non-hydrogen) atoms. The van der Waals surface area contributed by atoms with Crippen LogP contribution < -0.4 is 16.6 Å². The molecule has 3 rings (SSSR count). The molecule has 8 nitrogen and oxygen atoms in total. The fourth-order valence-corrected chi connectivity index (χ4v) is 2.96. The smallest absolute Gasteiger partial charge is 0.270 e. The lowest BCUT2D eigenvalue weighted by Gasteiger charge is -2.22. The third-order valence-electron chi connectivity index (χ3n) is 4.25. The molecule has 0 spiro atoms. The zero-order chi connectivity index (χ0) is 18.5. The first kappa shape index (κ1) is 17.3. The minimum absolute atomic E-state index is 0.0759. The maximum atomic E-state index is 13.1. The van der Waals surface area contributed by atoms with Crippen LogP contribution in [0, 0.1) is 5.41 Å². The standard InChI is InChI=1S/C17H25N5O3/c1-5-10-12(18)20-22-14(10)21(8-17(2,3)4)15(24)11(16(22)25)13(23)19-9-6-7-9/h9,25H,5-8H2,1-4H3,(H2,18,20)(H,19,23). The average molecular weight is 347 g/mol. The molecule has 0 bridgehead atoms. The van der Waals surface area contributed by atoms with Gasteiger partial charge in [0.25, 0.3) is 11.5 Å². The predicted octanol–water partition coefficient (Wildman–Crippen LogP) is 1.28. The minimum Gasteiger partial charge on any atom is -0.492 e. The molecule has 2 heterocycles. The van der Waals surface area contributed by atoms with E-state index in [1.54, 1.807) is 0 Å². The number of nitrogens with one attached hydrogen (secondary N) is 1. The van der Waals surface area contributed by atoms with Gasteiger partial charge in [0.1, 0.15) is 5.65 Å². The Labute approximate surface area is 145 Å². The summed E-state index contributed by atoms with van der Waals surface area (Å²) in [6.45, 7) is 8.27. The third-order valence-corrected chi connectivity index (χ3v) is 4.25. The molecule has 0 unspecified atom stereocenters. The van der Waals surface area contributed by atoms with E-state index < -0.39 is 17.3 Å². The highest BCUT2D eigenvalue weighted by Crippen LogP contribution is 2.27. The number of carbonyl (C=O) groups is 1. The van der Waals surface area contributed by atoms with Crippen molar-refractivity contribution >= 4 is 17.4 Å². The van der Waals surface area contributed by atoms with Crippen LogP contribution in [-0.2, 0) is 13.0 Å². The molecule has 0 saturated heterocycles. The van der Waals surface area contributed by atoms with Gasteiger partial charge in [-0.15, -0.1) is 5.10 Å². The van der Waals surface area contributed by atoms with Gasteiger partial charge in [-0.25, -0.2) is 0 Å². The molecule has 2 aromatic heterocycles. The zero-order valence-corrected chi connectivity index (χ0v) is 15.1. The van der Waals surface area contributed by atoms with Crippen molar-refractivity contribution in [3.8, 4) is 5.88 Å². The van der Waals surface area contributed by atoms with E-state index >= 15 is 0 Å². The number of amides is 1. The van der Waals surface area contributed by atoms with E-state index in [0.717, 1.165) is 12.8 Å². The Hall–Kier alpha value is -2.51. The number of anilines is 1. The SMILES string of the molecule is CCc1c(N)nn2c(O)c(C(=O)NC3CC3)c(=O)n(CC(C)(C)C)c12. The number of aromatic hydroxyl groups is 1. The molecule has 1 aliphatic rings. The quantitative estimate of drug-likeness (QED) is 0.771. The summed E-state index contributed by atoms with van der Waals surface area (Å²) >= 11 is 0. The number of fused-ring (bicyclic) bond motifs is 1. The van der Waals surface area contributed by atoms with Gasteiger partial charge in [0.2, 0.25) is 5.88 Å². The van der Waals surface area contributed by atoms with E-state index in [9.17, 15) is 14.7 Å². The maximum Gasteiger partial charge on any atom is 0.270 e. The van der Waals surface area contributed by atoms with Crippen molar-refractivity contribution in [2.75, 3.05) is 5.73 Å². The molecule has 0 aliphatic heterocycles. The summed E-state index contributed by atoms with van der Waals surface area (Å²) in [5.74, 6) is -0.781. The van der Waals surface area contributed by atoms with E-state index in [4.69, 9.17) is 5.73 Å². The summed E-state index contributed by atoms with van der Waals surface area (Å²) in [6, 6.07) is 0.0759. The Kier molecular flexibility index (Phi) is 4.01. The second-order valence-electron chi connectivity index (χ2n) is 7.85. The number of nitrogens with zero attached hydrogens (tertiary/aromatic N) is 3. The topological polar surface area (TPSA) is 115 Å². The normalized spacial score (nSPS) is 14.9. The minimum atomic E-state index is -0.568. The highest BCUT2D eigenvalue weighted by atomic mass is 16.3. The van der Waals surface area contributed by atoms with Crippen molar-refractivity contribution in [3.05, 3.63) is 21.5 Å². The summed E-state index contributed by atoms with van der Waals surface area (Å²) in [6.07, 6.45) is 2.34. The molecule has 2 aromatic rings. The fraction of sp³-hybridized carbons (Fsp3) is 0.588. The van der Waals surface area contributed by atoms with Crippen molar-refractivity contribution in [2.45, 2.75) is 59.5 Å². The lowest BCUT2D eigenvalue weighted by molar-refractivity contribution is 0.0944. The first-order chi connectivity index (χ1) is 11.6. The Morgan fingerprint density at radius 1 is 1.40 bits per heavy atom. The van der Waals surface area contributed by atoms with Gasteiger partial charge < -0.3 is 16.2 Å². The Morgan fingerprint density at radius 3 is 2.56 bits per heavy atom. The van der Waals surface area contributed by atoms with Crippen molar-refractivity contribution in [3.63, 3.8) is 0 Å². The first-order valence-corrected chi connectivity index (χ1v) is 8.57. The van der Waals surface area contributed by atoms with Crippen LogP contribution in [0.1, 0.15) is 56.5 Å². The Morgan fingerprint density at radius 2 is 2.04 bits per heavy atom.